The van der Waals surface area contributed by atoms with Crippen molar-refractivity contribution in [3.8, 4) is 0 Å². The van der Waals surface area contributed by atoms with Gasteiger partial charge in [-0.2, -0.15) is 0 Å². The van der Waals surface area contributed by atoms with E-state index < -0.39 is 0 Å². The van der Waals surface area contributed by atoms with E-state index >= 15 is 0 Å². The van der Waals surface area contributed by atoms with E-state index in [0.717, 1.165) is 19.0 Å². The zero-order valence-corrected chi connectivity index (χ0v) is 12.2. The zero-order chi connectivity index (χ0) is 12.6. The molecule has 0 aromatic rings. The average molecular weight is 229 g/mol. The molecule has 0 radical (unpaired) electrons. The maximum absolute atomic E-state index is 2.58. The van der Waals surface area contributed by atoms with Crippen LogP contribution in [0, 0.1) is 5.92 Å². The Morgan fingerprint density at radius 3 is 1.88 bits per heavy atom. The van der Waals surface area contributed by atoms with Crippen LogP contribution < -0.4 is 0 Å². The third-order valence-electron chi connectivity index (χ3n) is 2.82. The molecule has 0 unspecified atom stereocenters. The van der Waals surface area contributed by atoms with Crippen LogP contribution in [0.5, 0.6) is 0 Å². The highest BCUT2D eigenvalue weighted by Gasteiger charge is 2.08. The van der Waals surface area contributed by atoms with Crippen molar-refractivity contribution >= 4 is 0 Å². The number of hydrogen-bond acceptors (Lipinski definition) is 3. The Bertz CT molecular complexity index is 157. The van der Waals surface area contributed by atoms with Crippen LogP contribution >= 0.6 is 0 Å². The molecule has 98 valence electrons. The van der Waals surface area contributed by atoms with Crippen molar-refractivity contribution in [2.75, 3.05) is 60.4 Å². The topological polar surface area (TPSA) is 9.72 Å². The third-order valence-corrected chi connectivity index (χ3v) is 2.82. The van der Waals surface area contributed by atoms with Gasteiger partial charge < -0.3 is 14.7 Å². The summed E-state index contributed by atoms with van der Waals surface area (Å²) < 4.78 is 0. The number of rotatable bonds is 9. The molecule has 0 atom stereocenters. The van der Waals surface area contributed by atoms with Gasteiger partial charge in [0.1, 0.15) is 0 Å². The molecule has 0 aliphatic rings. The predicted octanol–water partition coefficient (Wildman–Crippen LogP) is 1.46. The van der Waals surface area contributed by atoms with E-state index in [4.69, 9.17) is 0 Å². The van der Waals surface area contributed by atoms with Gasteiger partial charge in [-0.15, -0.1) is 0 Å². The minimum absolute atomic E-state index is 0.758. The molecule has 0 aromatic carbocycles. The second-order valence-electron chi connectivity index (χ2n) is 5.39. The van der Waals surface area contributed by atoms with Gasteiger partial charge in [0.05, 0.1) is 0 Å². The normalized spacial score (nSPS) is 12.4. The van der Waals surface area contributed by atoms with Crippen LogP contribution in [0.15, 0.2) is 0 Å². The fourth-order valence-electron chi connectivity index (χ4n) is 1.62. The maximum Gasteiger partial charge on any atom is 0.0110 e. The monoisotopic (exact) mass is 229 g/mol. The van der Waals surface area contributed by atoms with E-state index in [1.165, 1.54) is 26.2 Å². The van der Waals surface area contributed by atoms with E-state index in [1.54, 1.807) is 0 Å². The molecule has 3 heteroatoms. The molecule has 0 bridgehead atoms. The largest absolute Gasteiger partial charge is 0.308 e. The SMILES string of the molecule is CCN(C)CCN(CCN(C)C)CC(C)C. The highest BCUT2D eigenvalue weighted by molar-refractivity contribution is 4.64. The minimum atomic E-state index is 0.758. The Kier molecular flexibility index (Phi) is 8.90. The summed E-state index contributed by atoms with van der Waals surface area (Å²) in [5.41, 5.74) is 0. The van der Waals surface area contributed by atoms with Crippen LogP contribution in [-0.2, 0) is 0 Å². The Labute approximate surface area is 102 Å². The molecule has 0 saturated heterocycles. The first-order valence-corrected chi connectivity index (χ1v) is 6.51. The summed E-state index contributed by atoms with van der Waals surface area (Å²) in [5, 5.41) is 0. The van der Waals surface area contributed by atoms with Crippen molar-refractivity contribution in [3.63, 3.8) is 0 Å². The van der Waals surface area contributed by atoms with Crippen LogP contribution in [0.25, 0.3) is 0 Å². The van der Waals surface area contributed by atoms with Gasteiger partial charge in [-0.25, -0.2) is 0 Å². The van der Waals surface area contributed by atoms with Crippen molar-refractivity contribution in [1.29, 1.82) is 0 Å². The zero-order valence-electron chi connectivity index (χ0n) is 12.2. The summed E-state index contributed by atoms with van der Waals surface area (Å²) in [7, 11) is 6.48. The molecular weight excluding hydrogens is 198 g/mol. The van der Waals surface area contributed by atoms with Gasteiger partial charge >= 0.3 is 0 Å². The lowest BCUT2D eigenvalue weighted by Gasteiger charge is -2.27. The number of likely N-dealkylation sites (N-methyl/N-ethyl adjacent to an activating group) is 2. The second-order valence-corrected chi connectivity index (χ2v) is 5.39. The molecule has 0 N–H and O–H groups in total. The lowest BCUT2D eigenvalue weighted by atomic mass is 10.2. The van der Waals surface area contributed by atoms with Gasteiger partial charge in [0.25, 0.3) is 0 Å². The van der Waals surface area contributed by atoms with E-state index in [1.807, 2.05) is 0 Å². The molecule has 3 nitrogen and oxygen atoms in total. The first kappa shape index (κ1) is 15.9. The summed E-state index contributed by atoms with van der Waals surface area (Å²) in [4.78, 5) is 7.22. The van der Waals surface area contributed by atoms with Gasteiger partial charge in [-0.05, 0) is 33.6 Å². The van der Waals surface area contributed by atoms with Gasteiger partial charge in [-0.1, -0.05) is 20.8 Å². The lowest BCUT2D eigenvalue weighted by Crippen LogP contribution is -2.39. The quantitative estimate of drug-likeness (QED) is 0.593. The highest BCUT2D eigenvalue weighted by atomic mass is 15.2. The third kappa shape index (κ3) is 9.13. The summed E-state index contributed by atoms with van der Waals surface area (Å²) >= 11 is 0. The van der Waals surface area contributed by atoms with Gasteiger partial charge in [0.15, 0.2) is 0 Å². The molecule has 0 rings (SSSR count). The van der Waals surface area contributed by atoms with Crippen molar-refractivity contribution in [3.05, 3.63) is 0 Å². The number of hydrogen-bond donors (Lipinski definition) is 0. The van der Waals surface area contributed by atoms with E-state index in [-0.39, 0.29) is 0 Å². The first-order chi connectivity index (χ1) is 7.45. The Balaban J connectivity index is 3.89. The van der Waals surface area contributed by atoms with Crippen LogP contribution in [-0.4, -0.2) is 75.1 Å². The summed E-state index contributed by atoms with van der Waals surface area (Å²) in [6.07, 6.45) is 0. The molecular formula is C13H31N3. The first-order valence-electron chi connectivity index (χ1n) is 6.51. The average Bonchev–Trinajstić information content (AvgIpc) is 2.20. The summed E-state index contributed by atoms with van der Waals surface area (Å²) in [6.45, 7) is 13.9. The second kappa shape index (κ2) is 8.97. The minimum Gasteiger partial charge on any atom is -0.308 e. The fraction of sp³-hybridized carbons (Fsp3) is 1.00. The van der Waals surface area contributed by atoms with Crippen molar-refractivity contribution in [2.24, 2.45) is 5.92 Å². The maximum atomic E-state index is 2.58. The lowest BCUT2D eigenvalue weighted by molar-refractivity contribution is 0.193. The standard InChI is InChI=1S/C13H31N3/c1-7-15(6)9-11-16(12-13(2)3)10-8-14(4)5/h13H,7-12H2,1-6H3. The molecule has 0 aliphatic carbocycles. The van der Waals surface area contributed by atoms with E-state index in [0.29, 0.717) is 0 Å². The van der Waals surface area contributed by atoms with Crippen molar-refractivity contribution < 1.29 is 0 Å². The smallest absolute Gasteiger partial charge is 0.0110 e. The Morgan fingerprint density at radius 1 is 0.875 bits per heavy atom. The number of nitrogens with zero attached hydrogens (tertiary/aromatic N) is 3. The molecule has 16 heavy (non-hydrogen) atoms. The van der Waals surface area contributed by atoms with E-state index in [2.05, 4.69) is 56.6 Å². The van der Waals surface area contributed by atoms with Crippen LogP contribution in [0.3, 0.4) is 0 Å². The Morgan fingerprint density at radius 2 is 1.44 bits per heavy atom. The summed E-state index contributed by atoms with van der Waals surface area (Å²) in [5.74, 6) is 0.758. The van der Waals surface area contributed by atoms with Crippen LogP contribution in [0.1, 0.15) is 20.8 Å². The summed E-state index contributed by atoms with van der Waals surface area (Å²) in [6, 6.07) is 0. The molecule has 0 fully saturated rings. The van der Waals surface area contributed by atoms with E-state index in [9.17, 15) is 0 Å². The molecule has 0 saturated carbocycles. The molecule has 0 spiro atoms. The van der Waals surface area contributed by atoms with Gasteiger partial charge in [-0.3, -0.25) is 0 Å². The Hall–Kier alpha value is -0.120. The van der Waals surface area contributed by atoms with Gasteiger partial charge in [0, 0.05) is 32.7 Å². The molecule has 0 aliphatic heterocycles. The van der Waals surface area contributed by atoms with Crippen LogP contribution in [0.4, 0.5) is 0 Å². The van der Waals surface area contributed by atoms with Crippen molar-refractivity contribution in [1.82, 2.24) is 14.7 Å². The van der Waals surface area contributed by atoms with Gasteiger partial charge in [0.2, 0.25) is 0 Å². The molecule has 0 aromatic heterocycles. The fourth-order valence-corrected chi connectivity index (χ4v) is 1.62. The molecule has 0 heterocycles. The van der Waals surface area contributed by atoms with Crippen molar-refractivity contribution in [2.45, 2.75) is 20.8 Å². The molecule has 0 amide bonds. The highest BCUT2D eigenvalue weighted by Crippen LogP contribution is 1.99. The predicted molar refractivity (Wildman–Crippen MR) is 73.0 cm³/mol. The van der Waals surface area contributed by atoms with Crippen LogP contribution in [0.2, 0.25) is 0 Å².